The summed E-state index contributed by atoms with van der Waals surface area (Å²) in [6.45, 7) is 0. The van der Waals surface area contributed by atoms with Crippen molar-refractivity contribution in [1.82, 2.24) is 6.15 Å². The van der Waals surface area contributed by atoms with Crippen LogP contribution < -0.4 is 78.1 Å². The minimum atomic E-state index is 0. The van der Waals surface area contributed by atoms with Crippen LogP contribution in [0.5, 0.6) is 0 Å². The van der Waals surface area contributed by atoms with Crippen LogP contribution in [-0.4, -0.2) is 19.8 Å². The van der Waals surface area contributed by atoms with Gasteiger partial charge in [-0.05, 0) is 0 Å². The van der Waals surface area contributed by atoms with E-state index in [-0.39, 0.29) is 97.9 Å². The molecular weight excluding hydrogens is 464 g/mol. The molecule has 0 atom stereocenters. The Morgan fingerprint density at radius 2 is 0.600 bits per heavy atom. The van der Waals surface area contributed by atoms with E-state index in [9.17, 15) is 0 Å². The fraction of sp³-hybridized carbons (Fsp3) is 0. The van der Waals surface area contributed by atoms with Crippen molar-refractivity contribution < 1.29 is 71.9 Å². The molecule has 0 N–H and O–H groups in total. The standard InChI is InChI=1S/Ga.3HI.N/h;3*1H;/q+3;;;;/p-3. The molecule has 1 nitrogen and oxygen atoms in total. The van der Waals surface area contributed by atoms with Crippen LogP contribution in [0, 0.1) is 0 Å². The van der Waals surface area contributed by atoms with Gasteiger partial charge in [-0.1, -0.05) is 0 Å². The van der Waals surface area contributed by atoms with E-state index in [0.29, 0.717) is 0 Å². The Morgan fingerprint density at radius 3 is 0.600 bits per heavy atom. The van der Waals surface area contributed by atoms with Crippen LogP contribution in [0.4, 0.5) is 0 Å². The average molecular weight is 464 g/mol. The van der Waals surface area contributed by atoms with Crippen LogP contribution in [-0.2, 0) is 0 Å². The van der Waals surface area contributed by atoms with Gasteiger partial charge >= 0.3 is 19.8 Å². The second-order valence-corrected chi connectivity index (χ2v) is 0. The molecular formula is GaI3N. The van der Waals surface area contributed by atoms with Crippen molar-refractivity contribution in [2.24, 2.45) is 0 Å². The average Bonchev–Trinajstić information content (AvgIpc) is 0. The monoisotopic (exact) mass is 464 g/mol. The number of halogens is 3. The van der Waals surface area contributed by atoms with Gasteiger partial charge in [-0.25, -0.2) is 0 Å². The van der Waals surface area contributed by atoms with Crippen LogP contribution in [0.2, 0.25) is 0 Å². The topological polar surface area (TPSA) is 30.5 Å². The largest absolute Gasteiger partial charge is 3.00 e. The molecule has 0 aromatic heterocycles. The van der Waals surface area contributed by atoms with Crippen molar-refractivity contribution in [3.63, 3.8) is 0 Å². The summed E-state index contributed by atoms with van der Waals surface area (Å²) in [7, 11) is 0. The molecule has 0 saturated carbocycles. The first-order chi connectivity index (χ1) is 0. The van der Waals surface area contributed by atoms with Gasteiger partial charge in [0.25, 0.3) is 0 Å². The number of nitrogens with zero attached hydrogens (tertiary/aromatic N) is 1. The Balaban J connectivity index is 0. The van der Waals surface area contributed by atoms with Crippen LogP contribution in [0.15, 0.2) is 0 Å². The van der Waals surface area contributed by atoms with E-state index >= 15 is 0 Å². The SMILES string of the molecule is [Ga+3].[I-].[I-].[I-].[N]. The van der Waals surface area contributed by atoms with E-state index in [1.54, 1.807) is 0 Å². The third-order valence-electron chi connectivity index (χ3n) is 0. The number of hydrogen-bond donors (Lipinski definition) is 0. The predicted octanol–water partition coefficient (Wildman–Crippen LogP) is -9.85. The second-order valence-electron chi connectivity index (χ2n) is 0. The molecule has 0 aliphatic carbocycles. The summed E-state index contributed by atoms with van der Waals surface area (Å²) < 4.78 is 0. The van der Waals surface area contributed by atoms with Gasteiger partial charge in [0.2, 0.25) is 0 Å². The van der Waals surface area contributed by atoms with Gasteiger partial charge in [0, 0.05) is 6.15 Å². The van der Waals surface area contributed by atoms with Crippen molar-refractivity contribution in [3.05, 3.63) is 0 Å². The molecule has 0 fully saturated rings. The smallest absolute Gasteiger partial charge is 1.00 e. The Morgan fingerprint density at radius 1 is 0.600 bits per heavy atom. The summed E-state index contributed by atoms with van der Waals surface area (Å²) in [5, 5.41) is 0. The van der Waals surface area contributed by atoms with Crippen molar-refractivity contribution in [3.8, 4) is 0 Å². The normalized spacial score (nSPS) is 0. The van der Waals surface area contributed by atoms with E-state index in [2.05, 4.69) is 0 Å². The van der Waals surface area contributed by atoms with Gasteiger partial charge in [-0.15, -0.1) is 0 Å². The number of hydrogen-bond acceptors (Lipinski definition) is 0. The Bertz CT molecular complexity index is 6.85. The summed E-state index contributed by atoms with van der Waals surface area (Å²) in [5.74, 6) is 0. The molecule has 0 aromatic rings. The van der Waals surface area contributed by atoms with E-state index in [1.807, 2.05) is 0 Å². The molecule has 0 amide bonds. The van der Waals surface area contributed by atoms with Gasteiger partial charge in [-0.2, -0.15) is 0 Å². The van der Waals surface area contributed by atoms with Gasteiger partial charge < -0.3 is 71.9 Å². The van der Waals surface area contributed by atoms with Crippen molar-refractivity contribution in [2.45, 2.75) is 0 Å². The first-order valence-electron chi connectivity index (χ1n) is 0. The quantitative estimate of drug-likeness (QED) is 0.252. The molecule has 0 heterocycles. The van der Waals surface area contributed by atoms with E-state index in [0.717, 1.165) is 0 Å². The van der Waals surface area contributed by atoms with E-state index < -0.39 is 0 Å². The van der Waals surface area contributed by atoms with E-state index in [4.69, 9.17) is 0 Å². The molecule has 0 spiro atoms. The molecule has 0 saturated heterocycles. The van der Waals surface area contributed by atoms with Crippen LogP contribution >= 0.6 is 0 Å². The van der Waals surface area contributed by atoms with Crippen molar-refractivity contribution in [1.29, 1.82) is 0 Å². The zero-order valence-electron chi connectivity index (χ0n) is 2.16. The maximum atomic E-state index is 0. The van der Waals surface area contributed by atoms with Gasteiger partial charge in [0.1, 0.15) is 0 Å². The molecule has 0 aromatic carbocycles. The molecule has 3 radical (unpaired) electrons. The van der Waals surface area contributed by atoms with Crippen molar-refractivity contribution >= 4 is 19.8 Å². The van der Waals surface area contributed by atoms with E-state index in [1.165, 1.54) is 0 Å². The minimum Gasteiger partial charge on any atom is -1.00 e. The molecule has 0 aliphatic heterocycles. The number of rotatable bonds is 0. The first-order valence-corrected chi connectivity index (χ1v) is 0. The third-order valence-corrected chi connectivity index (χ3v) is 0. The molecule has 5 heteroatoms. The second kappa shape index (κ2) is 29.3. The summed E-state index contributed by atoms with van der Waals surface area (Å²) in [6.07, 6.45) is 0. The maximum Gasteiger partial charge on any atom is 3.00 e. The Hall–Kier alpha value is 2.79. The van der Waals surface area contributed by atoms with Crippen LogP contribution in [0.3, 0.4) is 0 Å². The molecule has 0 unspecified atom stereocenters. The zero-order valence-corrected chi connectivity index (χ0v) is 11.1. The van der Waals surface area contributed by atoms with Crippen LogP contribution in [0.25, 0.3) is 0 Å². The third kappa shape index (κ3) is 20.0. The summed E-state index contributed by atoms with van der Waals surface area (Å²) in [5.41, 5.74) is 0. The molecule has 0 bridgehead atoms. The maximum absolute atomic E-state index is 0. The van der Waals surface area contributed by atoms with Crippen molar-refractivity contribution in [2.75, 3.05) is 0 Å². The molecule has 29 valence electrons. The fourth-order valence-corrected chi connectivity index (χ4v) is 0. The molecule has 0 rings (SSSR count). The minimum absolute atomic E-state index is 0. The zero-order chi connectivity index (χ0) is 0. The Labute approximate surface area is 96.1 Å². The fourth-order valence-electron chi connectivity index (χ4n) is 0. The van der Waals surface area contributed by atoms with Gasteiger partial charge in [0.05, 0.1) is 0 Å². The molecule has 0 aliphatic rings. The summed E-state index contributed by atoms with van der Waals surface area (Å²) in [4.78, 5) is 0. The molecule has 5 heavy (non-hydrogen) atoms. The predicted molar refractivity (Wildman–Crippen MR) is 7.89 cm³/mol. The van der Waals surface area contributed by atoms with Crippen LogP contribution in [0.1, 0.15) is 0 Å². The summed E-state index contributed by atoms with van der Waals surface area (Å²) in [6, 6.07) is 0. The summed E-state index contributed by atoms with van der Waals surface area (Å²) >= 11 is 0. The first kappa shape index (κ1) is 46.2. The van der Waals surface area contributed by atoms with Gasteiger partial charge in [0.15, 0.2) is 0 Å². The van der Waals surface area contributed by atoms with Gasteiger partial charge in [-0.3, -0.25) is 0 Å². The Kier molecular flexibility index (Phi) is 270.